The molecule has 0 spiro atoms. The molecule has 126 valence electrons. The third-order valence-corrected chi connectivity index (χ3v) is 5.75. The van der Waals surface area contributed by atoms with Gasteiger partial charge in [-0.3, -0.25) is 9.52 Å². The summed E-state index contributed by atoms with van der Waals surface area (Å²) in [5, 5.41) is 0.0800. The van der Waals surface area contributed by atoms with E-state index in [1.807, 2.05) is 0 Å². The number of amides is 1. The van der Waals surface area contributed by atoms with E-state index in [2.05, 4.69) is 4.72 Å². The molecular formula is C17H17ClN2O3S. The van der Waals surface area contributed by atoms with Gasteiger partial charge in [0.05, 0.1) is 5.02 Å². The van der Waals surface area contributed by atoms with Crippen LogP contribution in [0.2, 0.25) is 5.02 Å². The molecule has 0 aromatic heterocycles. The van der Waals surface area contributed by atoms with Crippen molar-refractivity contribution in [3.05, 3.63) is 59.1 Å². The highest BCUT2D eigenvalue weighted by atomic mass is 35.5. The topological polar surface area (TPSA) is 66.5 Å². The van der Waals surface area contributed by atoms with Crippen LogP contribution in [0.3, 0.4) is 0 Å². The van der Waals surface area contributed by atoms with Crippen LogP contribution < -0.4 is 4.72 Å². The first-order valence-electron chi connectivity index (χ1n) is 7.64. The van der Waals surface area contributed by atoms with Gasteiger partial charge in [-0.25, -0.2) is 8.42 Å². The Morgan fingerprint density at radius 3 is 2.38 bits per heavy atom. The van der Waals surface area contributed by atoms with E-state index in [1.54, 1.807) is 41.3 Å². The van der Waals surface area contributed by atoms with Crippen molar-refractivity contribution in [2.75, 3.05) is 17.8 Å². The first-order valence-corrected chi connectivity index (χ1v) is 9.50. The highest BCUT2D eigenvalue weighted by Crippen LogP contribution is 2.26. The molecule has 0 radical (unpaired) electrons. The standard InChI is InChI=1S/C17H17ClN2O3S/c18-15-9-8-13(17(21)20-10-4-5-11-20)12-16(15)24(22,23)19-14-6-2-1-3-7-14/h1-3,6-9,12,19H,4-5,10-11H2. The number of halogens is 1. The molecule has 1 N–H and O–H groups in total. The van der Waals surface area contributed by atoms with E-state index in [0.29, 0.717) is 24.3 Å². The van der Waals surface area contributed by atoms with Gasteiger partial charge in [0, 0.05) is 24.3 Å². The van der Waals surface area contributed by atoms with Gasteiger partial charge in [-0.1, -0.05) is 29.8 Å². The highest BCUT2D eigenvalue weighted by molar-refractivity contribution is 7.92. The molecule has 1 saturated heterocycles. The third-order valence-electron chi connectivity index (χ3n) is 3.89. The van der Waals surface area contributed by atoms with Crippen LogP contribution in [0.4, 0.5) is 5.69 Å². The number of hydrogen-bond donors (Lipinski definition) is 1. The average molecular weight is 365 g/mol. The van der Waals surface area contributed by atoms with E-state index in [-0.39, 0.29) is 15.8 Å². The van der Waals surface area contributed by atoms with Crippen molar-refractivity contribution in [2.24, 2.45) is 0 Å². The number of carbonyl (C=O) groups is 1. The van der Waals surface area contributed by atoms with Gasteiger partial charge in [0.15, 0.2) is 0 Å². The molecule has 0 atom stereocenters. The molecule has 24 heavy (non-hydrogen) atoms. The second-order valence-electron chi connectivity index (χ2n) is 5.62. The Balaban J connectivity index is 1.92. The lowest BCUT2D eigenvalue weighted by atomic mass is 10.2. The number of nitrogens with one attached hydrogen (secondary N) is 1. The Kier molecular flexibility index (Phi) is 4.78. The zero-order valence-corrected chi connectivity index (χ0v) is 14.5. The Morgan fingerprint density at radius 2 is 1.71 bits per heavy atom. The van der Waals surface area contributed by atoms with E-state index >= 15 is 0 Å². The minimum absolute atomic E-state index is 0.0800. The number of sulfonamides is 1. The smallest absolute Gasteiger partial charge is 0.263 e. The average Bonchev–Trinajstić information content (AvgIpc) is 3.09. The number of likely N-dealkylation sites (tertiary alicyclic amines) is 1. The number of hydrogen-bond acceptors (Lipinski definition) is 3. The second-order valence-corrected chi connectivity index (χ2v) is 7.67. The molecule has 3 rings (SSSR count). The molecule has 1 amide bonds. The Morgan fingerprint density at radius 1 is 1.04 bits per heavy atom. The van der Waals surface area contributed by atoms with Gasteiger partial charge in [0.1, 0.15) is 4.90 Å². The number of anilines is 1. The van der Waals surface area contributed by atoms with Gasteiger partial charge in [-0.2, -0.15) is 0 Å². The van der Waals surface area contributed by atoms with Crippen molar-refractivity contribution in [1.29, 1.82) is 0 Å². The lowest BCUT2D eigenvalue weighted by molar-refractivity contribution is 0.0792. The SMILES string of the molecule is O=C(c1ccc(Cl)c(S(=O)(=O)Nc2ccccc2)c1)N1CCCC1. The predicted molar refractivity (Wildman–Crippen MR) is 93.8 cm³/mol. The maximum atomic E-state index is 12.6. The fourth-order valence-corrected chi connectivity index (χ4v) is 4.25. The number of benzene rings is 2. The molecule has 1 fully saturated rings. The summed E-state index contributed by atoms with van der Waals surface area (Å²) in [6.45, 7) is 1.40. The lowest BCUT2D eigenvalue weighted by Crippen LogP contribution is -2.27. The second kappa shape index (κ2) is 6.83. The normalized spacial score (nSPS) is 14.6. The van der Waals surface area contributed by atoms with Crippen LogP contribution in [0.5, 0.6) is 0 Å². The van der Waals surface area contributed by atoms with Crippen LogP contribution in [0.25, 0.3) is 0 Å². The molecule has 1 heterocycles. The van der Waals surface area contributed by atoms with E-state index in [4.69, 9.17) is 11.6 Å². The summed E-state index contributed by atoms with van der Waals surface area (Å²) in [6, 6.07) is 12.9. The minimum atomic E-state index is -3.88. The van der Waals surface area contributed by atoms with Crippen molar-refractivity contribution >= 4 is 33.2 Å². The molecule has 1 aliphatic rings. The Hall–Kier alpha value is -2.05. The van der Waals surface area contributed by atoms with Crippen LogP contribution >= 0.6 is 11.6 Å². The summed E-state index contributed by atoms with van der Waals surface area (Å²) >= 11 is 6.07. The van der Waals surface area contributed by atoms with E-state index < -0.39 is 10.0 Å². The number of nitrogens with zero attached hydrogens (tertiary/aromatic N) is 1. The molecule has 0 unspecified atom stereocenters. The summed E-state index contributed by atoms with van der Waals surface area (Å²) in [5.74, 6) is -0.166. The zero-order valence-electron chi connectivity index (χ0n) is 12.9. The Labute approximate surface area is 146 Å². The molecule has 7 heteroatoms. The van der Waals surface area contributed by atoms with Crippen molar-refractivity contribution in [1.82, 2.24) is 4.90 Å². The maximum Gasteiger partial charge on any atom is 0.263 e. The maximum absolute atomic E-state index is 12.6. The minimum Gasteiger partial charge on any atom is -0.339 e. The van der Waals surface area contributed by atoms with Gasteiger partial charge in [-0.05, 0) is 43.2 Å². The van der Waals surface area contributed by atoms with Gasteiger partial charge in [0.25, 0.3) is 15.9 Å². The van der Waals surface area contributed by atoms with Crippen molar-refractivity contribution < 1.29 is 13.2 Å². The van der Waals surface area contributed by atoms with Gasteiger partial charge < -0.3 is 4.90 Å². The molecule has 0 bridgehead atoms. The predicted octanol–water partition coefficient (Wildman–Crippen LogP) is 3.38. The summed E-state index contributed by atoms with van der Waals surface area (Å²) in [5.41, 5.74) is 0.763. The van der Waals surface area contributed by atoms with E-state index in [0.717, 1.165) is 12.8 Å². The number of rotatable bonds is 4. The molecular weight excluding hydrogens is 348 g/mol. The molecule has 1 aliphatic heterocycles. The number of carbonyl (C=O) groups excluding carboxylic acids is 1. The molecule has 2 aromatic rings. The highest BCUT2D eigenvalue weighted by Gasteiger charge is 2.24. The molecule has 2 aromatic carbocycles. The van der Waals surface area contributed by atoms with Gasteiger partial charge >= 0.3 is 0 Å². The van der Waals surface area contributed by atoms with E-state index in [9.17, 15) is 13.2 Å². The van der Waals surface area contributed by atoms with Crippen LogP contribution in [0.1, 0.15) is 23.2 Å². The first-order chi connectivity index (χ1) is 11.5. The van der Waals surface area contributed by atoms with Gasteiger partial charge in [-0.15, -0.1) is 0 Å². The summed E-state index contributed by atoms with van der Waals surface area (Å²) in [7, 11) is -3.88. The summed E-state index contributed by atoms with van der Waals surface area (Å²) in [6.07, 6.45) is 1.94. The number of para-hydroxylation sites is 1. The molecule has 0 aliphatic carbocycles. The fourth-order valence-electron chi connectivity index (χ4n) is 2.66. The zero-order chi connectivity index (χ0) is 17.2. The fraction of sp³-hybridized carbons (Fsp3) is 0.235. The van der Waals surface area contributed by atoms with Gasteiger partial charge in [0.2, 0.25) is 0 Å². The summed E-state index contributed by atoms with van der Waals surface area (Å²) in [4.78, 5) is 14.1. The van der Waals surface area contributed by atoms with Crippen molar-refractivity contribution in [3.8, 4) is 0 Å². The lowest BCUT2D eigenvalue weighted by Gasteiger charge is -2.16. The molecule has 5 nitrogen and oxygen atoms in total. The Bertz CT molecular complexity index is 847. The van der Waals surface area contributed by atoms with Crippen LogP contribution in [-0.2, 0) is 10.0 Å². The van der Waals surface area contributed by atoms with Crippen molar-refractivity contribution in [3.63, 3.8) is 0 Å². The van der Waals surface area contributed by atoms with E-state index in [1.165, 1.54) is 12.1 Å². The largest absolute Gasteiger partial charge is 0.339 e. The van der Waals surface area contributed by atoms with Crippen LogP contribution in [0.15, 0.2) is 53.4 Å². The van der Waals surface area contributed by atoms with Crippen LogP contribution in [-0.4, -0.2) is 32.3 Å². The van der Waals surface area contributed by atoms with Crippen LogP contribution in [0, 0.1) is 0 Å². The van der Waals surface area contributed by atoms with Crippen molar-refractivity contribution in [2.45, 2.75) is 17.7 Å². The first kappa shape index (κ1) is 16.8. The molecule has 0 saturated carbocycles. The monoisotopic (exact) mass is 364 g/mol. The summed E-state index contributed by atoms with van der Waals surface area (Å²) < 4.78 is 27.7. The third kappa shape index (κ3) is 3.55. The quantitative estimate of drug-likeness (QED) is 0.904.